The largest absolute Gasteiger partial charge is 0.277 e. The van der Waals surface area contributed by atoms with E-state index < -0.39 is 5.91 Å². The van der Waals surface area contributed by atoms with Crippen LogP contribution in [0.3, 0.4) is 0 Å². The second-order valence-corrected chi connectivity index (χ2v) is 5.89. The first kappa shape index (κ1) is 15.9. The average molecular weight is 323 g/mol. The predicted octanol–water partition coefficient (Wildman–Crippen LogP) is 1.71. The van der Waals surface area contributed by atoms with Crippen LogP contribution in [0, 0.1) is 0 Å². The molecule has 24 heavy (non-hydrogen) atoms. The number of nitrogens with zero attached hydrogens (tertiary/aromatic N) is 3. The Labute approximate surface area is 139 Å². The molecule has 0 saturated carbocycles. The molecule has 122 valence electrons. The second kappa shape index (κ2) is 5.88. The molecular formula is C18H17N3O3. The molecule has 3 rings (SSSR count). The van der Waals surface area contributed by atoms with E-state index in [9.17, 15) is 14.4 Å². The van der Waals surface area contributed by atoms with E-state index >= 15 is 0 Å². The molecule has 1 aromatic heterocycles. The third-order valence-electron chi connectivity index (χ3n) is 3.78. The molecule has 0 saturated heterocycles. The quantitative estimate of drug-likeness (QED) is 0.790. The van der Waals surface area contributed by atoms with Gasteiger partial charge in [-0.05, 0) is 44.2 Å². The summed E-state index contributed by atoms with van der Waals surface area (Å²) in [4.78, 5) is 42.3. The highest BCUT2D eigenvalue weighted by Crippen LogP contribution is 2.22. The van der Waals surface area contributed by atoms with Gasteiger partial charge in [0.25, 0.3) is 17.7 Å². The number of hydrogen-bond acceptors (Lipinski definition) is 4. The molecule has 1 aromatic carbocycles. The molecule has 0 aliphatic carbocycles. The summed E-state index contributed by atoms with van der Waals surface area (Å²) in [6.45, 7) is 3.86. The molecule has 0 unspecified atom stereocenters. The fraction of sp³-hybridized carbons (Fsp3) is 0.222. The van der Waals surface area contributed by atoms with E-state index in [4.69, 9.17) is 0 Å². The molecule has 6 nitrogen and oxygen atoms in total. The molecule has 0 N–H and O–H groups in total. The smallest absolute Gasteiger partial charge is 0.263 e. The summed E-state index contributed by atoms with van der Waals surface area (Å²) in [6.07, 6.45) is 1.63. The van der Waals surface area contributed by atoms with E-state index in [1.807, 2.05) is 19.9 Å². The van der Waals surface area contributed by atoms with Gasteiger partial charge in [-0.2, -0.15) is 0 Å². The average Bonchev–Trinajstić information content (AvgIpc) is 2.78. The first-order chi connectivity index (χ1) is 11.4. The van der Waals surface area contributed by atoms with Crippen LogP contribution < -0.4 is 5.49 Å². The summed E-state index contributed by atoms with van der Waals surface area (Å²) in [6, 6.07) is 9.91. The molecule has 2 heterocycles. The Morgan fingerprint density at radius 1 is 1.04 bits per heavy atom. The number of carbonyl (C=O) groups excluding carboxylic acids is 3. The number of benzene rings is 1. The summed E-state index contributed by atoms with van der Waals surface area (Å²) >= 11 is 0. The number of amides is 2. The number of carbonyl (C=O) groups is 3. The summed E-state index contributed by atoms with van der Waals surface area (Å²) in [5, 5.41) is 0. The van der Waals surface area contributed by atoms with Crippen molar-refractivity contribution in [2.75, 3.05) is 7.05 Å². The van der Waals surface area contributed by atoms with Crippen molar-refractivity contribution in [3.8, 4) is 0 Å². The van der Waals surface area contributed by atoms with Gasteiger partial charge in [0.1, 0.15) is 5.49 Å². The fourth-order valence-corrected chi connectivity index (χ4v) is 2.61. The zero-order valence-corrected chi connectivity index (χ0v) is 13.7. The molecule has 6 heteroatoms. The maximum absolute atomic E-state index is 12.8. The minimum atomic E-state index is -0.394. The highest BCUT2D eigenvalue weighted by molar-refractivity contribution is 6.21. The molecule has 0 bridgehead atoms. The van der Waals surface area contributed by atoms with Gasteiger partial charge in [0, 0.05) is 24.8 Å². The maximum atomic E-state index is 12.8. The van der Waals surface area contributed by atoms with Crippen LogP contribution in [0.15, 0.2) is 47.6 Å². The number of aromatic nitrogens is 1. The Bertz CT molecular complexity index is 925. The SMILES string of the molecule is CC(C)N=c1ccccn1C(=O)c1ccc2c(c1)C(=O)N(C)C2=O. The predicted molar refractivity (Wildman–Crippen MR) is 87.7 cm³/mol. The maximum Gasteiger partial charge on any atom is 0.263 e. The van der Waals surface area contributed by atoms with Crippen molar-refractivity contribution < 1.29 is 14.4 Å². The number of rotatable bonds is 2. The van der Waals surface area contributed by atoms with Gasteiger partial charge >= 0.3 is 0 Å². The van der Waals surface area contributed by atoms with Crippen molar-refractivity contribution in [1.29, 1.82) is 0 Å². The van der Waals surface area contributed by atoms with Crippen LogP contribution in [0.5, 0.6) is 0 Å². The van der Waals surface area contributed by atoms with Gasteiger partial charge in [-0.1, -0.05) is 6.07 Å². The number of imide groups is 1. The van der Waals surface area contributed by atoms with Crippen molar-refractivity contribution in [2.45, 2.75) is 19.9 Å². The molecule has 0 atom stereocenters. The lowest BCUT2D eigenvalue weighted by Crippen LogP contribution is -2.28. The number of fused-ring (bicyclic) bond motifs is 1. The number of pyridine rings is 1. The molecule has 2 aromatic rings. The van der Waals surface area contributed by atoms with Crippen molar-refractivity contribution in [2.24, 2.45) is 4.99 Å². The zero-order valence-electron chi connectivity index (χ0n) is 13.7. The Hall–Kier alpha value is -3.02. The Morgan fingerprint density at radius 3 is 2.46 bits per heavy atom. The zero-order chi connectivity index (χ0) is 17.4. The first-order valence-electron chi connectivity index (χ1n) is 7.63. The molecule has 0 spiro atoms. The first-order valence-corrected chi connectivity index (χ1v) is 7.63. The third kappa shape index (κ3) is 2.56. The van der Waals surface area contributed by atoms with Crippen LogP contribution in [0.25, 0.3) is 0 Å². The summed E-state index contributed by atoms with van der Waals surface area (Å²) in [7, 11) is 1.43. The Kier molecular flexibility index (Phi) is 3.89. The van der Waals surface area contributed by atoms with Gasteiger partial charge < -0.3 is 0 Å². The topological polar surface area (TPSA) is 71.7 Å². The summed E-state index contributed by atoms with van der Waals surface area (Å²) in [5.41, 5.74) is 1.45. The summed E-state index contributed by atoms with van der Waals surface area (Å²) < 4.78 is 1.44. The monoisotopic (exact) mass is 323 g/mol. The van der Waals surface area contributed by atoms with Crippen molar-refractivity contribution in [3.63, 3.8) is 0 Å². The van der Waals surface area contributed by atoms with Gasteiger partial charge in [-0.25, -0.2) is 0 Å². The van der Waals surface area contributed by atoms with Crippen molar-refractivity contribution in [1.82, 2.24) is 9.47 Å². The molecule has 0 radical (unpaired) electrons. The minimum Gasteiger partial charge on any atom is -0.277 e. The van der Waals surface area contributed by atoms with E-state index in [0.717, 1.165) is 4.90 Å². The van der Waals surface area contributed by atoms with Crippen molar-refractivity contribution >= 4 is 17.7 Å². The van der Waals surface area contributed by atoms with Crippen LogP contribution >= 0.6 is 0 Å². The van der Waals surface area contributed by atoms with Crippen LogP contribution in [-0.2, 0) is 0 Å². The van der Waals surface area contributed by atoms with E-state index in [1.165, 1.54) is 23.7 Å². The highest BCUT2D eigenvalue weighted by atomic mass is 16.2. The van der Waals surface area contributed by atoms with Crippen molar-refractivity contribution in [3.05, 3.63) is 64.8 Å². The standard InChI is InChI=1S/C18H17N3O3/c1-11(2)19-15-6-4-5-9-21(15)16(22)12-7-8-13-14(10-12)18(24)20(3)17(13)23/h4-11H,1-3H3. The van der Waals surface area contributed by atoms with E-state index in [1.54, 1.807) is 24.4 Å². The van der Waals surface area contributed by atoms with Crippen LogP contribution in [0.1, 0.15) is 44.9 Å². The van der Waals surface area contributed by atoms with Gasteiger partial charge in [0.05, 0.1) is 11.1 Å². The second-order valence-electron chi connectivity index (χ2n) is 5.89. The lowest BCUT2D eigenvalue weighted by molar-refractivity contribution is 0.0693. The molecular weight excluding hydrogens is 306 g/mol. The lowest BCUT2D eigenvalue weighted by Gasteiger charge is -2.08. The fourth-order valence-electron chi connectivity index (χ4n) is 2.61. The summed E-state index contributed by atoms with van der Waals surface area (Å²) in [5.74, 6) is -1.04. The number of hydrogen-bond donors (Lipinski definition) is 0. The normalized spacial score (nSPS) is 14.5. The van der Waals surface area contributed by atoms with Gasteiger partial charge in [-0.15, -0.1) is 0 Å². The molecule has 1 aliphatic rings. The highest BCUT2D eigenvalue weighted by Gasteiger charge is 2.33. The van der Waals surface area contributed by atoms with E-state index in [2.05, 4.69) is 4.99 Å². The molecule has 0 fully saturated rings. The van der Waals surface area contributed by atoms with E-state index in [0.29, 0.717) is 16.6 Å². The van der Waals surface area contributed by atoms with Gasteiger partial charge in [0.15, 0.2) is 0 Å². The Balaban J connectivity index is 2.08. The van der Waals surface area contributed by atoms with Gasteiger partial charge in [-0.3, -0.25) is 28.8 Å². The third-order valence-corrected chi connectivity index (χ3v) is 3.78. The molecule has 1 aliphatic heterocycles. The van der Waals surface area contributed by atoms with Crippen LogP contribution in [-0.4, -0.2) is 40.3 Å². The van der Waals surface area contributed by atoms with Crippen LogP contribution in [0.2, 0.25) is 0 Å². The molecule has 2 amide bonds. The van der Waals surface area contributed by atoms with E-state index in [-0.39, 0.29) is 23.4 Å². The Morgan fingerprint density at radius 2 is 1.75 bits per heavy atom. The van der Waals surface area contributed by atoms with Gasteiger partial charge in [0.2, 0.25) is 0 Å². The van der Waals surface area contributed by atoms with Crippen LogP contribution in [0.4, 0.5) is 0 Å². The minimum absolute atomic E-state index is 0.0410. The lowest BCUT2D eigenvalue weighted by atomic mass is 10.1.